The van der Waals surface area contributed by atoms with Gasteiger partial charge in [-0.3, -0.25) is 4.98 Å². The molecule has 0 aliphatic carbocycles. The van der Waals surface area contributed by atoms with Gasteiger partial charge in [0.1, 0.15) is 5.82 Å². The van der Waals surface area contributed by atoms with Gasteiger partial charge in [-0.05, 0) is 55.9 Å². The smallest absolute Gasteiger partial charge is 0.231 e. The fraction of sp³-hybridized carbons (Fsp3) is 0.345. The number of likely N-dealkylation sites (N-methyl/N-ethyl adjacent to an activating group) is 1. The van der Waals surface area contributed by atoms with Crippen molar-refractivity contribution in [2.24, 2.45) is 0 Å². The molecule has 2 aromatic heterocycles. The van der Waals surface area contributed by atoms with Crippen molar-refractivity contribution in [2.45, 2.75) is 13.5 Å². The highest BCUT2D eigenvalue weighted by molar-refractivity contribution is 6.31. The largest absolute Gasteiger partial charge is 0.454 e. The molecule has 4 aromatic rings. The molecular weight excluding hydrogens is 514 g/mol. The Morgan fingerprint density at radius 2 is 1.82 bits per heavy atom. The van der Waals surface area contributed by atoms with Crippen molar-refractivity contribution in [3.05, 3.63) is 71.0 Å². The molecule has 0 atom stereocenters. The minimum absolute atomic E-state index is 0.261. The number of aryl methyl sites for hydroxylation is 1. The van der Waals surface area contributed by atoms with Crippen molar-refractivity contribution in [3.63, 3.8) is 0 Å². The Morgan fingerprint density at radius 3 is 2.69 bits per heavy atom. The number of nitrogens with one attached hydrogen (secondary N) is 1. The molecule has 2 aliphatic heterocycles. The molecule has 0 unspecified atom stereocenters. The number of hydrogen-bond acceptors (Lipinski definition) is 9. The summed E-state index contributed by atoms with van der Waals surface area (Å²) in [7, 11) is 2.15. The summed E-state index contributed by atoms with van der Waals surface area (Å²) in [5.74, 6) is 3.26. The fourth-order valence-corrected chi connectivity index (χ4v) is 5.15. The molecule has 2 aliphatic rings. The van der Waals surface area contributed by atoms with Crippen molar-refractivity contribution in [2.75, 3.05) is 68.2 Å². The SMILES string of the molecule is Cc1cc(N(CCNc2ccnc3cc(Cl)ccc23)Cc2ccc3c(c2)OCO3)nc(N2CCN(C)CC2)n1. The Morgan fingerprint density at radius 1 is 0.974 bits per heavy atom. The van der Waals surface area contributed by atoms with Gasteiger partial charge < -0.3 is 29.5 Å². The summed E-state index contributed by atoms with van der Waals surface area (Å²) in [5.41, 5.74) is 3.97. The maximum atomic E-state index is 6.18. The first-order valence-electron chi connectivity index (χ1n) is 13.2. The number of benzene rings is 2. The number of ether oxygens (including phenoxy) is 2. The third kappa shape index (κ3) is 5.79. The molecule has 0 radical (unpaired) electrons. The molecule has 0 amide bonds. The molecule has 1 fully saturated rings. The number of fused-ring (bicyclic) bond motifs is 2. The molecule has 39 heavy (non-hydrogen) atoms. The lowest BCUT2D eigenvalue weighted by Crippen LogP contribution is -2.45. The van der Waals surface area contributed by atoms with Gasteiger partial charge in [-0.15, -0.1) is 0 Å². The van der Waals surface area contributed by atoms with Crippen LogP contribution in [-0.4, -0.2) is 73.0 Å². The molecule has 202 valence electrons. The van der Waals surface area contributed by atoms with Gasteiger partial charge in [-0.2, -0.15) is 4.98 Å². The van der Waals surface area contributed by atoms with Crippen LogP contribution in [0.2, 0.25) is 5.02 Å². The maximum absolute atomic E-state index is 6.18. The van der Waals surface area contributed by atoms with E-state index in [1.54, 1.807) is 0 Å². The number of aromatic nitrogens is 3. The summed E-state index contributed by atoms with van der Waals surface area (Å²) in [6.07, 6.45) is 1.81. The van der Waals surface area contributed by atoms with Crippen LogP contribution >= 0.6 is 11.6 Å². The number of rotatable bonds is 8. The van der Waals surface area contributed by atoms with Gasteiger partial charge in [-0.25, -0.2) is 4.98 Å². The highest BCUT2D eigenvalue weighted by Crippen LogP contribution is 2.33. The molecular formula is C29H32ClN7O2. The van der Waals surface area contributed by atoms with Crippen LogP contribution in [0, 0.1) is 6.92 Å². The third-order valence-electron chi connectivity index (χ3n) is 7.15. The van der Waals surface area contributed by atoms with Gasteiger partial charge in [0.05, 0.1) is 5.52 Å². The van der Waals surface area contributed by atoms with Gasteiger partial charge >= 0.3 is 0 Å². The Hall–Kier alpha value is -3.82. The van der Waals surface area contributed by atoms with Crippen LogP contribution in [0.5, 0.6) is 11.5 Å². The predicted molar refractivity (Wildman–Crippen MR) is 155 cm³/mol. The van der Waals surface area contributed by atoms with Crippen molar-refractivity contribution < 1.29 is 9.47 Å². The van der Waals surface area contributed by atoms with Crippen molar-refractivity contribution in [1.29, 1.82) is 0 Å². The zero-order valence-electron chi connectivity index (χ0n) is 22.2. The minimum atomic E-state index is 0.261. The van der Waals surface area contributed by atoms with Crippen molar-refractivity contribution in [3.8, 4) is 11.5 Å². The number of nitrogens with zero attached hydrogens (tertiary/aromatic N) is 6. The highest BCUT2D eigenvalue weighted by atomic mass is 35.5. The summed E-state index contributed by atoms with van der Waals surface area (Å²) in [4.78, 5) is 21.2. The molecule has 10 heteroatoms. The van der Waals surface area contributed by atoms with Crippen LogP contribution in [0.1, 0.15) is 11.3 Å². The Labute approximate surface area is 233 Å². The van der Waals surface area contributed by atoms with Crippen LogP contribution in [0.4, 0.5) is 17.5 Å². The lowest BCUT2D eigenvalue weighted by Gasteiger charge is -2.33. The van der Waals surface area contributed by atoms with Gasteiger partial charge in [0.25, 0.3) is 0 Å². The predicted octanol–water partition coefficient (Wildman–Crippen LogP) is 4.59. The second-order valence-corrected chi connectivity index (χ2v) is 10.5. The van der Waals surface area contributed by atoms with E-state index >= 15 is 0 Å². The summed E-state index contributed by atoms with van der Waals surface area (Å²) in [5, 5.41) is 5.32. The van der Waals surface area contributed by atoms with Gasteiger partial charge in [0, 0.05) is 79.9 Å². The number of halogens is 1. The summed E-state index contributed by atoms with van der Waals surface area (Å²) in [6, 6.07) is 16.0. The number of hydrogen-bond donors (Lipinski definition) is 1. The summed E-state index contributed by atoms with van der Waals surface area (Å²) >= 11 is 6.18. The van der Waals surface area contributed by atoms with Crippen LogP contribution < -0.4 is 24.6 Å². The lowest BCUT2D eigenvalue weighted by molar-refractivity contribution is 0.174. The first kappa shape index (κ1) is 25.5. The number of anilines is 3. The number of piperazine rings is 1. The first-order valence-corrected chi connectivity index (χ1v) is 13.6. The second kappa shape index (κ2) is 11.1. The van der Waals surface area contributed by atoms with E-state index < -0.39 is 0 Å². The van der Waals surface area contributed by atoms with E-state index in [1.807, 2.05) is 43.5 Å². The fourth-order valence-electron chi connectivity index (χ4n) is 4.98. The standard InChI is InChI=1S/C29H32ClN7O2/c1-20-15-28(34-29(33-20)36-13-11-35(2)12-14-36)37(18-21-3-6-26-27(16-21)39-19-38-26)10-9-32-24-7-8-31-25-17-22(30)4-5-23(24)25/h3-8,15-17H,9-14,18-19H2,1-2H3,(H,31,32). The molecule has 0 spiro atoms. The zero-order valence-corrected chi connectivity index (χ0v) is 23.0. The Kier molecular flexibility index (Phi) is 7.26. The van der Waals surface area contributed by atoms with Crippen LogP contribution in [-0.2, 0) is 6.54 Å². The molecule has 1 saturated heterocycles. The molecule has 2 aromatic carbocycles. The maximum Gasteiger partial charge on any atom is 0.231 e. The van der Waals surface area contributed by atoms with E-state index in [4.69, 9.17) is 31.0 Å². The molecule has 0 saturated carbocycles. The second-order valence-electron chi connectivity index (χ2n) is 10.0. The average Bonchev–Trinajstić information content (AvgIpc) is 3.40. The molecule has 1 N–H and O–H groups in total. The van der Waals surface area contributed by atoms with Gasteiger partial charge in [0.15, 0.2) is 11.5 Å². The van der Waals surface area contributed by atoms with E-state index in [0.29, 0.717) is 18.1 Å². The monoisotopic (exact) mass is 545 g/mol. The summed E-state index contributed by atoms with van der Waals surface area (Å²) < 4.78 is 11.2. The van der Waals surface area contributed by atoms with Crippen molar-refractivity contribution in [1.82, 2.24) is 19.9 Å². The third-order valence-corrected chi connectivity index (χ3v) is 7.39. The molecule has 6 rings (SSSR count). The van der Waals surface area contributed by atoms with Crippen LogP contribution in [0.3, 0.4) is 0 Å². The molecule has 4 heterocycles. The van der Waals surface area contributed by atoms with Gasteiger partial charge in [0.2, 0.25) is 12.7 Å². The topological polar surface area (TPSA) is 78.9 Å². The Bertz CT molecular complexity index is 1480. The lowest BCUT2D eigenvalue weighted by atomic mass is 10.1. The average molecular weight is 546 g/mol. The van der Waals surface area contributed by atoms with Crippen LogP contribution in [0.25, 0.3) is 10.9 Å². The normalized spacial score (nSPS) is 15.1. The first-order chi connectivity index (χ1) is 19.0. The zero-order chi connectivity index (χ0) is 26.8. The summed E-state index contributed by atoms with van der Waals surface area (Å²) in [6.45, 7) is 8.25. The van der Waals surface area contributed by atoms with Gasteiger partial charge in [-0.1, -0.05) is 17.7 Å². The molecule has 0 bridgehead atoms. The highest BCUT2D eigenvalue weighted by Gasteiger charge is 2.20. The van der Waals surface area contributed by atoms with E-state index in [-0.39, 0.29) is 6.79 Å². The van der Waals surface area contributed by atoms with Crippen molar-refractivity contribution >= 4 is 40.0 Å². The van der Waals surface area contributed by atoms with E-state index in [1.165, 1.54) is 0 Å². The van der Waals surface area contributed by atoms with E-state index in [9.17, 15) is 0 Å². The molecule has 9 nitrogen and oxygen atoms in total. The van der Waals surface area contributed by atoms with E-state index in [2.05, 4.69) is 50.2 Å². The minimum Gasteiger partial charge on any atom is -0.454 e. The number of pyridine rings is 1. The van der Waals surface area contributed by atoms with E-state index in [0.717, 1.165) is 83.8 Å². The quantitative estimate of drug-likeness (QED) is 0.342. The Balaban J connectivity index is 1.25. The van der Waals surface area contributed by atoms with Crippen LogP contribution in [0.15, 0.2) is 54.7 Å².